The SMILES string of the molecule is CCc1cc(N2CCc3nc(C4N=CC=CN4)ncc3C2C)cc(N=O)c1F. The molecule has 144 valence electrons. The Bertz CT molecular complexity index is 973. The van der Waals surface area contributed by atoms with Gasteiger partial charge in [0.2, 0.25) is 0 Å². The van der Waals surface area contributed by atoms with E-state index in [-0.39, 0.29) is 17.9 Å². The fourth-order valence-corrected chi connectivity index (χ4v) is 3.71. The first-order valence-corrected chi connectivity index (χ1v) is 9.34. The number of allylic oxidation sites excluding steroid dienone is 1. The van der Waals surface area contributed by atoms with Crippen molar-refractivity contribution >= 4 is 17.6 Å². The van der Waals surface area contributed by atoms with Crippen LogP contribution in [-0.4, -0.2) is 22.7 Å². The number of nitroso groups, excluding NO2 is 1. The maximum Gasteiger partial charge on any atom is 0.178 e. The third-order valence-corrected chi connectivity index (χ3v) is 5.27. The number of benzene rings is 1. The van der Waals surface area contributed by atoms with E-state index in [0.29, 0.717) is 24.4 Å². The van der Waals surface area contributed by atoms with Gasteiger partial charge in [-0.3, -0.25) is 4.99 Å². The highest BCUT2D eigenvalue weighted by Gasteiger charge is 2.28. The van der Waals surface area contributed by atoms with Crippen LogP contribution in [0.25, 0.3) is 0 Å². The van der Waals surface area contributed by atoms with Crippen LogP contribution in [0.1, 0.15) is 48.7 Å². The van der Waals surface area contributed by atoms with Crippen molar-refractivity contribution in [2.45, 2.75) is 38.9 Å². The van der Waals surface area contributed by atoms with Gasteiger partial charge >= 0.3 is 0 Å². The van der Waals surface area contributed by atoms with Crippen LogP contribution >= 0.6 is 0 Å². The molecule has 0 saturated heterocycles. The summed E-state index contributed by atoms with van der Waals surface area (Å²) in [5, 5.41) is 5.99. The van der Waals surface area contributed by atoms with Crippen LogP contribution in [0.5, 0.6) is 0 Å². The summed E-state index contributed by atoms with van der Waals surface area (Å²) in [5.41, 5.74) is 3.15. The number of aryl methyl sites for hydroxylation is 1. The minimum Gasteiger partial charge on any atom is -0.364 e. The summed E-state index contributed by atoms with van der Waals surface area (Å²) in [6.45, 7) is 4.63. The van der Waals surface area contributed by atoms with Gasteiger partial charge in [-0.2, -0.15) is 0 Å². The molecule has 4 rings (SSSR count). The molecule has 1 N–H and O–H groups in total. The first-order valence-electron chi connectivity index (χ1n) is 9.34. The van der Waals surface area contributed by atoms with E-state index >= 15 is 0 Å². The Hall–Kier alpha value is -3.16. The molecule has 2 aliphatic heterocycles. The van der Waals surface area contributed by atoms with Gasteiger partial charge in [-0.15, -0.1) is 4.91 Å². The van der Waals surface area contributed by atoms with Crippen molar-refractivity contribution in [3.05, 3.63) is 64.0 Å². The number of hydrogen-bond donors (Lipinski definition) is 1. The Kier molecular flexibility index (Phi) is 4.85. The summed E-state index contributed by atoms with van der Waals surface area (Å²) in [7, 11) is 0. The molecule has 0 amide bonds. The third-order valence-electron chi connectivity index (χ3n) is 5.27. The second-order valence-electron chi connectivity index (χ2n) is 6.86. The molecule has 0 radical (unpaired) electrons. The van der Waals surface area contributed by atoms with Crippen molar-refractivity contribution < 1.29 is 4.39 Å². The summed E-state index contributed by atoms with van der Waals surface area (Å²) in [6.07, 6.45) is 8.17. The number of halogens is 1. The molecule has 8 heteroatoms. The second kappa shape index (κ2) is 7.46. The Balaban J connectivity index is 1.65. The van der Waals surface area contributed by atoms with E-state index in [1.165, 1.54) is 6.07 Å². The number of aliphatic imine (C=N–C) groups is 1. The van der Waals surface area contributed by atoms with Crippen molar-refractivity contribution in [2.24, 2.45) is 10.2 Å². The lowest BCUT2D eigenvalue weighted by Gasteiger charge is -2.36. The van der Waals surface area contributed by atoms with Crippen LogP contribution in [0.3, 0.4) is 0 Å². The maximum atomic E-state index is 14.2. The summed E-state index contributed by atoms with van der Waals surface area (Å²) in [6, 6.07) is 3.31. The second-order valence-corrected chi connectivity index (χ2v) is 6.86. The van der Waals surface area contributed by atoms with Crippen molar-refractivity contribution in [1.82, 2.24) is 15.3 Å². The van der Waals surface area contributed by atoms with Crippen LogP contribution < -0.4 is 10.2 Å². The summed E-state index contributed by atoms with van der Waals surface area (Å²) >= 11 is 0. The zero-order valence-corrected chi connectivity index (χ0v) is 15.8. The predicted molar refractivity (Wildman–Crippen MR) is 106 cm³/mol. The van der Waals surface area contributed by atoms with E-state index in [9.17, 15) is 9.30 Å². The molecule has 0 aliphatic carbocycles. The van der Waals surface area contributed by atoms with Crippen molar-refractivity contribution in [2.75, 3.05) is 11.4 Å². The number of nitrogens with one attached hydrogen (secondary N) is 1. The van der Waals surface area contributed by atoms with E-state index in [2.05, 4.69) is 32.3 Å². The minimum absolute atomic E-state index is 0.00446. The lowest BCUT2D eigenvalue weighted by molar-refractivity contribution is 0.569. The number of aromatic nitrogens is 2. The average Bonchev–Trinajstić information content (AvgIpc) is 2.75. The summed E-state index contributed by atoms with van der Waals surface area (Å²) < 4.78 is 14.2. The third kappa shape index (κ3) is 3.15. The minimum atomic E-state index is -0.533. The molecule has 2 atom stereocenters. The number of anilines is 1. The van der Waals surface area contributed by atoms with Gasteiger partial charge in [-0.1, -0.05) is 6.92 Å². The largest absolute Gasteiger partial charge is 0.364 e. The number of rotatable bonds is 4. The van der Waals surface area contributed by atoms with Crippen LogP contribution in [0, 0.1) is 10.7 Å². The van der Waals surface area contributed by atoms with E-state index in [1.807, 2.05) is 25.4 Å². The van der Waals surface area contributed by atoms with Crippen LogP contribution in [0.4, 0.5) is 15.8 Å². The number of fused-ring (bicyclic) bond motifs is 1. The highest BCUT2D eigenvalue weighted by molar-refractivity contribution is 5.71. The highest BCUT2D eigenvalue weighted by atomic mass is 19.1. The van der Waals surface area contributed by atoms with Crippen molar-refractivity contribution in [3.63, 3.8) is 0 Å². The van der Waals surface area contributed by atoms with Gasteiger partial charge in [-0.25, -0.2) is 14.4 Å². The molecule has 7 nitrogen and oxygen atoms in total. The van der Waals surface area contributed by atoms with Gasteiger partial charge in [0.1, 0.15) is 5.69 Å². The fraction of sp³-hybridized carbons (Fsp3) is 0.350. The van der Waals surface area contributed by atoms with E-state index in [0.717, 1.165) is 23.4 Å². The molecule has 1 aromatic carbocycles. The van der Waals surface area contributed by atoms with E-state index in [4.69, 9.17) is 4.98 Å². The Morgan fingerprint density at radius 1 is 1.39 bits per heavy atom. The topological polar surface area (TPSA) is 82.8 Å². The smallest absolute Gasteiger partial charge is 0.178 e. The molecule has 28 heavy (non-hydrogen) atoms. The van der Waals surface area contributed by atoms with Gasteiger partial charge in [0, 0.05) is 42.8 Å². The standard InChI is InChI=1S/C20H21FN6O/c1-3-13-9-14(10-17(26-28)18(13)21)27-8-5-16-15(12(27)2)11-24-20(25-16)19-22-6-4-7-23-19/h4,6-7,9-12,19,22H,3,5,8H2,1-2H3. The molecule has 2 unspecified atom stereocenters. The van der Waals surface area contributed by atoms with Crippen molar-refractivity contribution in [3.8, 4) is 0 Å². The van der Waals surface area contributed by atoms with Gasteiger partial charge in [-0.05, 0) is 42.3 Å². The van der Waals surface area contributed by atoms with Crippen LogP contribution in [-0.2, 0) is 12.8 Å². The first kappa shape index (κ1) is 18.2. The Morgan fingerprint density at radius 2 is 2.25 bits per heavy atom. The number of nitrogens with zero attached hydrogens (tertiary/aromatic N) is 5. The predicted octanol–water partition coefficient (Wildman–Crippen LogP) is 3.89. The zero-order valence-electron chi connectivity index (χ0n) is 15.8. The monoisotopic (exact) mass is 380 g/mol. The van der Waals surface area contributed by atoms with Gasteiger partial charge in [0.15, 0.2) is 17.8 Å². The molecular formula is C20H21FN6O. The average molecular weight is 380 g/mol. The lowest BCUT2D eigenvalue weighted by Crippen LogP contribution is -2.35. The first-order chi connectivity index (χ1) is 13.6. The van der Waals surface area contributed by atoms with E-state index in [1.54, 1.807) is 12.3 Å². The molecule has 0 fully saturated rings. The quantitative estimate of drug-likeness (QED) is 0.814. The Morgan fingerprint density at radius 3 is 2.96 bits per heavy atom. The molecule has 0 spiro atoms. The summed E-state index contributed by atoms with van der Waals surface area (Å²) in [4.78, 5) is 26.7. The molecule has 2 aromatic rings. The van der Waals surface area contributed by atoms with Crippen molar-refractivity contribution in [1.29, 1.82) is 0 Å². The van der Waals surface area contributed by atoms with Gasteiger partial charge in [0.25, 0.3) is 0 Å². The zero-order chi connectivity index (χ0) is 19.7. The lowest BCUT2D eigenvalue weighted by atomic mass is 9.97. The van der Waals surface area contributed by atoms with Gasteiger partial charge in [0.05, 0.1) is 11.7 Å². The number of hydrogen-bond acceptors (Lipinski definition) is 7. The summed E-state index contributed by atoms with van der Waals surface area (Å²) in [5.74, 6) is 0.108. The van der Waals surface area contributed by atoms with Gasteiger partial charge < -0.3 is 10.2 Å². The molecule has 1 aromatic heterocycles. The molecule has 2 aliphatic rings. The van der Waals surface area contributed by atoms with Crippen LogP contribution in [0.15, 0.2) is 40.8 Å². The highest BCUT2D eigenvalue weighted by Crippen LogP contribution is 2.36. The van der Waals surface area contributed by atoms with E-state index < -0.39 is 5.82 Å². The molecule has 0 bridgehead atoms. The molecular weight excluding hydrogens is 359 g/mol. The fourth-order valence-electron chi connectivity index (χ4n) is 3.71. The van der Waals surface area contributed by atoms with Crippen LogP contribution in [0.2, 0.25) is 0 Å². The maximum absolute atomic E-state index is 14.2. The Labute approximate surface area is 162 Å². The normalized spacial score (nSPS) is 20.6. The molecule has 0 saturated carbocycles. The molecule has 3 heterocycles.